The van der Waals surface area contributed by atoms with E-state index in [-0.39, 0.29) is 6.61 Å². The third-order valence-corrected chi connectivity index (χ3v) is 3.53. The van der Waals surface area contributed by atoms with Crippen LogP contribution in [0.3, 0.4) is 0 Å². The molecule has 0 bridgehead atoms. The fourth-order valence-electron chi connectivity index (χ4n) is 1.95. The minimum absolute atomic E-state index is 0.359. The molecule has 0 aliphatic rings. The highest BCUT2D eigenvalue weighted by Gasteiger charge is 2.41. The number of aliphatic hydroxyl groups is 1. The lowest BCUT2D eigenvalue weighted by Gasteiger charge is -2.37. The fourth-order valence-corrected chi connectivity index (χ4v) is 1.95. The van der Waals surface area contributed by atoms with E-state index in [1.165, 1.54) is 0 Å². The van der Waals surface area contributed by atoms with Gasteiger partial charge >= 0.3 is 12.3 Å². The topological polar surface area (TPSA) is 29.5 Å². The van der Waals surface area contributed by atoms with Crippen molar-refractivity contribution in [2.45, 2.75) is 39.2 Å². The average molecular weight is 290 g/mol. The Hall–Kier alpha value is -0.400. The molecule has 0 rings (SSSR count). The molecule has 0 aromatic rings. The predicted molar refractivity (Wildman–Crippen MR) is 64.5 cm³/mol. The van der Waals surface area contributed by atoms with Crippen molar-refractivity contribution in [3.63, 3.8) is 0 Å². The molecule has 116 valence electrons. The summed E-state index contributed by atoms with van der Waals surface area (Å²) in [5.41, 5.74) is 0. The van der Waals surface area contributed by atoms with E-state index >= 15 is 0 Å². The molecule has 0 amide bonds. The molecule has 3 nitrogen and oxygen atoms in total. The van der Waals surface area contributed by atoms with Gasteiger partial charge in [-0.1, -0.05) is 0 Å². The zero-order chi connectivity index (χ0) is 15.1. The number of likely N-dealkylation sites (N-methyl/N-ethyl adjacent to an activating group) is 1. The molecule has 1 N–H and O–H groups in total. The summed E-state index contributed by atoms with van der Waals surface area (Å²) in [4.78, 5) is 0. The molecule has 0 aromatic carbocycles. The highest BCUT2D eigenvalue weighted by atomic mass is 19.3. The maximum Gasteiger partial charge on any atom is 0.330 e. The second kappa shape index (κ2) is 8.01. The predicted octanol–water partition coefficient (Wildman–Crippen LogP) is 2.14. The number of ether oxygens (including phenoxy) is 1. The van der Waals surface area contributed by atoms with Crippen LogP contribution >= 0.6 is 0 Å². The molecule has 0 saturated heterocycles. The second-order valence-corrected chi connectivity index (χ2v) is 4.70. The number of hydrogen-bond acceptors (Lipinski definition) is 2. The van der Waals surface area contributed by atoms with Gasteiger partial charge in [0.2, 0.25) is 0 Å². The monoisotopic (exact) mass is 290 g/mol. The summed E-state index contributed by atoms with van der Waals surface area (Å²) >= 11 is 0. The molecule has 0 aliphatic carbocycles. The van der Waals surface area contributed by atoms with Crippen molar-refractivity contribution in [3.8, 4) is 0 Å². The molecule has 0 heterocycles. The van der Waals surface area contributed by atoms with Crippen LogP contribution in [0, 0.1) is 0 Å². The summed E-state index contributed by atoms with van der Waals surface area (Å²) in [6, 6.07) is 0. The first kappa shape index (κ1) is 18.6. The molecular formula is C12H24F4NO2+. The van der Waals surface area contributed by atoms with Crippen molar-refractivity contribution in [3.05, 3.63) is 0 Å². The zero-order valence-electron chi connectivity index (χ0n) is 11.7. The van der Waals surface area contributed by atoms with Gasteiger partial charge in [0.05, 0.1) is 26.2 Å². The quantitative estimate of drug-likeness (QED) is 0.493. The van der Waals surface area contributed by atoms with Crippen molar-refractivity contribution in [2.24, 2.45) is 0 Å². The van der Waals surface area contributed by atoms with E-state index in [1.54, 1.807) is 0 Å². The van der Waals surface area contributed by atoms with E-state index in [0.29, 0.717) is 11.0 Å². The first-order valence-corrected chi connectivity index (χ1v) is 6.49. The van der Waals surface area contributed by atoms with Gasteiger partial charge in [-0.25, -0.2) is 8.78 Å². The SMILES string of the molecule is CC[N+](CC)(CC)CC(O)COCC(F)(F)C(F)F. The molecule has 19 heavy (non-hydrogen) atoms. The molecule has 0 aliphatic heterocycles. The number of quaternary nitrogens is 1. The largest absolute Gasteiger partial charge is 0.385 e. The van der Waals surface area contributed by atoms with Crippen LogP contribution in [0.4, 0.5) is 17.6 Å². The molecular weight excluding hydrogens is 266 g/mol. The summed E-state index contributed by atoms with van der Waals surface area (Å²) in [7, 11) is 0. The Kier molecular flexibility index (Phi) is 7.85. The molecule has 1 atom stereocenters. The van der Waals surface area contributed by atoms with Crippen LogP contribution in [0.5, 0.6) is 0 Å². The lowest BCUT2D eigenvalue weighted by atomic mass is 10.2. The Morgan fingerprint density at radius 2 is 1.58 bits per heavy atom. The van der Waals surface area contributed by atoms with Gasteiger partial charge in [-0.15, -0.1) is 0 Å². The van der Waals surface area contributed by atoms with Gasteiger partial charge in [0.1, 0.15) is 19.3 Å². The lowest BCUT2D eigenvalue weighted by Crippen LogP contribution is -2.52. The fraction of sp³-hybridized carbons (Fsp3) is 1.00. The molecule has 0 aromatic heterocycles. The number of alkyl halides is 4. The minimum atomic E-state index is -4.16. The summed E-state index contributed by atoms with van der Waals surface area (Å²) in [6.45, 7) is 6.98. The van der Waals surface area contributed by atoms with Gasteiger partial charge < -0.3 is 14.3 Å². The third kappa shape index (κ3) is 6.05. The third-order valence-electron chi connectivity index (χ3n) is 3.53. The van der Waals surface area contributed by atoms with Crippen LogP contribution < -0.4 is 0 Å². The Labute approximate surface area is 111 Å². The maximum absolute atomic E-state index is 12.6. The molecule has 0 radical (unpaired) electrons. The van der Waals surface area contributed by atoms with Crippen molar-refractivity contribution in [2.75, 3.05) is 39.4 Å². The first-order valence-electron chi connectivity index (χ1n) is 6.49. The number of nitrogens with zero attached hydrogens (tertiary/aromatic N) is 1. The van der Waals surface area contributed by atoms with Gasteiger partial charge in [0, 0.05) is 0 Å². The molecule has 7 heteroatoms. The van der Waals surface area contributed by atoms with Gasteiger partial charge in [0.25, 0.3) is 0 Å². The molecule has 0 spiro atoms. The Morgan fingerprint density at radius 3 is 1.95 bits per heavy atom. The highest BCUT2D eigenvalue weighted by Crippen LogP contribution is 2.22. The van der Waals surface area contributed by atoms with Gasteiger partial charge in [-0.05, 0) is 20.8 Å². The summed E-state index contributed by atoms with van der Waals surface area (Å²) in [5.74, 6) is -4.16. The van der Waals surface area contributed by atoms with E-state index in [0.717, 1.165) is 19.6 Å². The van der Waals surface area contributed by atoms with Crippen molar-refractivity contribution in [1.82, 2.24) is 0 Å². The van der Waals surface area contributed by atoms with E-state index in [9.17, 15) is 22.7 Å². The van der Waals surface area contributed by atoms with Crippen LogP contribution in [0.1, 0.15) is 20.8 Å². The standard InChI is InChI=1S/C12H24F4NO2/c1-4-17(5-2,6-3)7-10(18)8-19-9-12(15,16)11(13)14/h10-11,18H,4-9H2,1-3H3/q+1. The van der Waals surface area contributed by atoms with Crippen molar-refractivity contribution < 1.29 is 31.9 Å². The minimum Gasteiger partial charge on any atom is -0.385 e. The zero-order valence-corrected chi connectivity index (χ0v) is 11.7. The Morgan fingerprint density at radius 1 is 1.11 bits per heavy atom. The van der Waals surface area contributed by atoms with Crippen LogP contribution in [0.15, 0.2) is 0 Å². The molecule has 0 fully saturated rings. The summed E-state index contributed by atoms with van der Waals surface area (Å²) < 4.78 is 54.0. The Bertz CT molecular complexity index is 240. The second-order valence-electron chi connectivity index (χ2n) is 4.70. The summed E-state index contributed by atoms with van der Waals surface area (Å²) in [6.07, 6.45) is -4.69. The molecule has 1 unspecified atom stereocenters. The van der Waals surface area contributed by atoms with E-state index < -0.39 is 25.1 Å². The van der Waals surface area contributed by atoms with E-state index in [4.69, 9.17) is 0 Å². The summed E-state index contributed by atoms with van der Waals surface area (Å²) in [5, 5.41) is 9.74. The van der Waals surface area contributed by atoms with Crippen LogP contribution in [0.25, 0.3) is 0 Å². The van der Waals surface area contributed by atoms with Crippen LogP contribution in [0.2, 0.25) is 0 Å². The van der Waals surface area contributed by atoms with Crippen molar-refractivity contribution in [1.29, 1.82) is 0 Å². The van der Waals surface area contributed by atoms with Crippen LogP contribution in [-0.4, -0.2) is 67.4 Å². The lowest BCUT2D eigenvalue weighted by molar-refractivity contribution is -0.926. The van der Waals surface area contributed by atoms with E-state index in [1.807, 2.05) is 20.8 Å². The first-order chi connectivity index (χ1) is 8.73. The number of hydrogen-bond donors (Lipinski definition) is 1. The van der Waals surface area contributed by atoms with Gasteiger partial charge in [0.15, 0.2) is 0 Å². The average Bonchev–Trinajstić information content (AvgIpc) is 2.35. The maximum atomic E-state index is 12.6. The highest BCUT2D eigenvalue weighted by molar-refractivity contribution is 4.68. The Balaban J connectivity index is 4.15. The normalized spacial score (nSPS) is 15.0. The van der Waals surface area contributed by atoms with Crippen LogP contribution in [-0.2, 0) is 4.74 Å². The number of halogens is 4. The van der Waals surface area contributed by atoms with Gasteiger partial charge in [-0.3, -0.25) is 0 Å². The van der Waals surface area contributed by atoms with Gasteiger partial charge in [-0.2, -0.15) is 8.78 Å². The van der Waals surface area contributed by atoms with E-state index in [2.05, 4.69) is 4.74 Å². The smallest absolute Gasteiger partial charge is 0.330 e. The number of rotatable bonds is 10. The number of aliphatic hydroxyl groups excluding tert-OH is 1. The molecule has 0 saturated carbocycles. The van der Waals surface area contributed by atoms with Crippen molar-refractivity contribution >= 4 is 0 Å².